The number of halogens is 1. The van der Waals surface area contributed by atoms with Gasteiger partial charge in [0.25, 0.3) is 10.0 Å². The Morgan fingerprint density at radius 2 is 2.19 bits per heavy atom. The molecule has 92 valence electrons. The molecule has 0 bridgehead atoms. The van der Waals surface area contributed by atoms with Gasteiger partial charge in [-0.05, 0) is 12.3 Å². The Bertz CT molecular complexity index is 454. The van der Waals surface area contributed by atoms with Crippen LogP contribution in [0.15, 0.2) is 10.4 Å². The first-order valence-electron chi connectivity index (χ1n) is 4.75. The van der Waals surface area contributed by atoms with Crippen molar-refractivity contribution in [1.82, 2.24) is 9.71 Å². The molecule has 0 radical (unpaired) electrons. The molecule has 1 rings (SSSR count). The van der Waals surface area contributed by atoms with Crippen molar-refractivity contribution < 1.29 is 8.42 Å². The molecule has 1 heterocycles. The average molecular weight is 327 g/mol. The zero-order valence-electron chi connectivity index (χ0n) is 9.45. The van der Waals surface area contributed by atoms with E-state index in [4.69, 9.17) is 0 Å². The topological polar surface area (TPSA) is 59.1 Å². The number of aryl methyl sites for hydroxylation is 1. The number of nitrogens with one attached hydrogen (secondary N) is 1. The normalized spacial score (nSPS) is 13.0. The Morgan fingerprint density at radius 1 is 1.56 bits per heavy atom. The van der Waals surface area contributed by atoms with Gasteiger partial charge in [0.05, 0.1) is 11.2 Å². The number of hydrogen-bond acceptors (Lipinski definition) is 4. The third-order valence-electron chi connectivity index (χ3n) is 1.97. The molecule has 0 aromatic carbocycles. The van der Waals surface area contributed by atoms with E-state index in [1.54, 1.807) is 6.92 Å². The highest BCUT2D eigenvalue weighted by Crippen LogP contribution is 2.20. The monoisotopic (exact) mass is 326 g/mol. The van der Waals surface area contributed by atoms with Crippen LogP contribution in [-0.2, 0) is 10.0 Å². The van der Waals surface area contributed by atoms with Crippen LogP contribution in [0.4, 0.5) is 0 Å². The van der Waals surface area contributed by atoms with Crippen molar-refractivity contribution in [2.75, 3.05) is 11.9 Å². The molecule has 1 aromatic rings. The van der Waals surface area contributed by atoms with Gasteiger partial charge in [-0.3, -0.25) is 0 Å². The van der Waals surface area contributed by atoms with Crippen molar-refractivity contribution in [1.29, 1.82) is 0 Å². The molecule has 0 fully saturated rings. The van der Waals surface area contributed by atoms with Gasteiger partial charge in [-0.2, -0.15) is 0 Å². The summed E-state index contributed by atoms with van der Waals surface area (Å²) in [4.78, 5) is 3.94. The minimum atomic E-state index is -3.40. The van der Waals surface area contributed by atoms with Crippen molar-refractivity contribution >= 4 is 37.3 Å². The summed E-state index contributed by atoms with van der Waals surface area (Å²) in [6.07, 6.45) is 1.39. The molecule has 0 unspecified atom stereocenters. The van der Waals surface area contributed by atoms with Gasteiger partial charge in [0, 0.05) is 11.9 Å². The van der Waals surface area contributed by atoms with Crippen molar-refractivity contribution in [2.24, 2.45) is 5.41 Å². The summed E-state index contributed by atoms with van der Waals surface area (Å²) in [6, 6.07) is 0. The Balaban J connectivity index is 2.74. The molecule has 1 aromatic heterocycles. The fraction of sp³-hybridized carbons (Fsp3) is 0.667. The lowest BCUT2D eigenvalue weighted by Gasteiger charge is -2.21. The maximum atomic E-state index is 11.9. The molecule has 0 atom stereocenters. The number of rotatable bonds is 5. The summed E-state index contributed by atoms with van der Waals surface area (Å²) in [5.41, 5.74) is -0.104. The van der Waals surface area contributed by atoms with E-state index in [2.05, 4.69) is 25.6 Å². The first kappa shape index (κ1) is 14.1. The van der Waals surface area contributed by atoms with Gasteiger partial charge in [-0.25, -0.2) is 18.1 Å². The fourth-order valence-electron chi connectivity index (χ4n) is 0.875. The molecule has 0 amide bonds. The average Bonchev–Trinajstić information content (AvgIpc) is 2.63. The summed E-state index contributed by atoms with van der Waals surface area (Å²) in [7, 11) is -3.40. The molecular formula is C9H15BrN2O2S2. The largest absolute Gasteiger partial charge is 0.251 e. The summed E-state index contributed by atoms with van der Waals surface area (Å²) >= 11 is 4.53. The molecule has 7 heteroatoms. The first-order valence-corrected chi connectivity index (χ1v) is 8.17. The van der Waals surface area contributed by atoms with Crippen LogP contribution in [0.3, 0.4) is 0 Å². The summed E-state index contributed by atoms with van der Waals surface area (Å²) in [5.74, 6) is 0. The summed E-state index contributed by atoms with van der Waals surface area (Å²) < 4.78 is 26.6. The van der Waals surface area contributed by atoms with Crippen LogP contribution in [0.25, 0.3) is 0 Å². The second-order valence-corrected chi connectivity index (χ2v) is 8.11. The highest BCUT2D eigenvalue weighted by Gasteiger charge is 2.22. The minimum absolute atomic E-state index is 0.104. The van der Waals surface area contributed by atoms with Crippen LogP contribution in [0.1, 0.15) is 18.9 Å². The predicted molar refractivity (Wildman–Crippen MR) is 69.6 cm³/mol. The number of alkyl halides is 1. The SMILES string of the molecule is Cc1ncc(S(=O)(=O)NCC(C)(C)CBr)s1. The van der Waals surface area contributed by atoms with Crippen LogP contribution in [0, 0.1) is 12.3 Å². The Morgan fingerprint density at radius 3 is 2.62 bits per heavy atom. The number of sulfonamides is 1. The Kier molecular flexibility index (Phi) is 4.50. The van der Waals surface area contributed by atoms with Crippen molar-refractivity contribution in [3.8, 4) is 0 Å². The molecule has 1 N–H and O–H groups in total. The van der Waals surface area contributed by atoms with Gasteiger partial charge in [0.1, 0.15) is 0 Å². The molecule has 0 aliphatic rings. The lowest BCUT2D eigenvalue weighted by molar-refractivity contribution is 0.420. The zero-order chi connectivity index (χ0) is 12.4. The van der Waals surface area contributed by atoms with E-state index in [1.807, 2.05) is 13.8 Å². The third kappa shape index (κ3) is 3.80. The van der Waals surface area contributed by atoms with E-state index in [0.717, 1.165) is 10.3 Å². The van der Waals surface area contributed by atoms with Crippen LogP contribution in [0.2, 0.25) is 0 Å². The lowest BCUT2D eigenvalue weighted by Crippen LogP contribution is -2.34. The van der Waals surface area contributed by atoms with E-state index in [0.29, 0.717) is 6.54 Å². The van der Waals surface area contributed by atoms with Gasteiger partial charge in [-0.1, -0.05) is 29.8 Å². The first-order chi connectivity index (χ1) is 7.27. The molecule has 0 spiro atoms. The minimum Gasteiger partial charge on any atom is -0.249 e. The molecule has 0 aliphatic carbocycles. The van der Waals surface area contributed by atoms with E-state index in [1.165, 1.54) is 17.5 Å². The molecule has 4 nitrogen and oxygen atoms in total. The third-order valence-corrected chi connectivity index (χ3v) is 6.26. The van der Waals surface area contributed by atoms with Crippen molar-refractivity contribution in [3.05, 3.63) is 11.2 Å². The van der Waals surface area contributed by atoms with Gasteiger partial charge < -0.3 is 0 Å². The molecule has 16 heavy (non-hydrogen) atoms. The van der Waals surface area contributed by atoms with E-state index in [-0.39, 0.29) is 9.62 Å². The van der Waals surface area contributed by atoms with Gasteiger partial charge in [0.15, 0.2) is 4.21 Å². The maximum absolute atomic E-state index is 11.9. The van der Waals surface area contributed by atoms with E-state index in [9.17, 15) is 8.42 Å². The van der Waals surface area contributed by atoms with Crippen LogP contribution < -0.4 is 4.72 Å². The molecular weight excluding hydrogens is 312 g/mol. The highest BCUT2D eigenvalue weighted by atomic mass is 79.9. The number of hydrogen-bond donors (Lipinski definition) is 1. The summed E-state index contributed by atoms with van der Waals surface area (Å²) in [5, 5.41) is 1.49. The Labute approximate surface area is 109 Å². The lowest BCUT2D eigenvalue weighted by atomic mass is 9.98. The van der Waals surface area contributed by atoms with Crippen molar-refractivity contribution in [3.63, 3.8) is 0 Å². The maximum Gasteiger partial charge on any atom is 0.251 e. The zero-order valence-corrected chi connectivity index (χ0v) is 12.7. The van der Waals surface area contributed by atoms with Crippen LogP contribution in [-0.4, -0.2) is 25.3 Å². The second-order valence-electron chi connectivity index (χ2n) is 4.32. The fourth-order valence-corrected chi connectivity index (χ4v) is 3.47. The van der Waals surface area contributed by atoms with Crippen molar-refractivity contribution in [2.45, 2.75) is 25.0 Å². The molecule has 0 aliphatic heterocycles. The van der Waals surface area contributed by atoms with Gasteiger partial charge >= 0.3 is 0 Å². The van der Waals surface area contributed by atoms with E-state index < -0.39 is 10.0 Å². The highest BCUT2D eigenvalue weighted by molar-refractivity contribution is 9.09. The quantitative estimate of drug-likeness (QED) is 0.843. The molecule has 0 saturated heterocycles. The summed E-state index contributed by atoms with van der Waals surface area (Å²) in [6.45, 7) is 6.16. The number of nitrogens with zero attached hydrogens (tertiary/aromatic N) is 1. The van der Waals surface area contributed by atoms with Gasteiger partial charge in [0.2, 0.25) is 0 Å². The predicted octanol–water partition coefficient (Wildman–Crippen LogP) is 2.15. The Hall–Kier alpha value is 0.0200. The second kappa shape index (κ2) is 5.12. The smallest absolute Gasteiger partial charge is 0.249 e. The molecule has 0 saturated carbocycles. The number of aromatic nitrogens is 1. The number of thiazole rings is 1. The van der Waals surface area contributed by atoms with E-state index >= 15 is 0 Å². The van der Waals surface area contributed by atoms with Gasteiger partial charge in [-0.15, -0.1) is 11.3 Å². The van der Waals surface area contributed by atoms with Crippen LogP contribution >= 0.6 is 27.3 Å². The standard InChI is InChI=1S/C9H15BrN2O2S2/c1-7-11-4-8(15-7)16(13,14)12-6-9(2,3)5-10/h4,12H,5-6H2,1-3H3. The van der Waals surface area contributed by atoms with Crippen LogP contribution in [0.5, 0.6) is 0 Å².